The van der Waals surface area contributed by atoms with E-state index in [9.17, 15) is 22.8 Å². The number of hydrogen-bond donors (Lipinski definition) is 1. The van der Waals surface area contributed by atoms with Crippen molar-refractivity contribution in [3.05, 3.63) is 35.9 Å². The summed E-state index contributed by atoms with van der Waals surface area (Å²) in [5, 5.41) is 0. The number of nitrogens with zero attached hydrogens (tertiary/aromatic N) is 3. The van der Waals surface area contributed by atoms with E-state index in [1.807, 2.05) is 30.0 Å². The fourth-order valence-corrected chi connectivity index (χ4v) is 8.14. The molecule has 5 aliphatic rings. The molecule has 1 aromatic carbocycles. The lowest BCUT2D eigenvalue weighted by Crippen LogP contribution is -2.59. The highest BCUT2D eigenvalue weighted by Gasteiger charge is 2.58. The van der Waals surface area contributed by atoms with Gasteiger partial charge in [0.15, 0.2) is 0 Å². The topological polar surface area (TPSA) is 79.1 Å². The van der Waals surface area contributed by atoms with Crippen LogP contribution in [0.5, 0.6) is 0 Å². The zero-order chi connectivity index (χ0) is 28.2. The number of benzene rings is 1. The van der Waals surface area contributed by atoms with Crippen LogP contribution in [0.4, 0.5) is 13.2 Å². The van der Waals surface area contributed by atoms with Crippen molar-refractivity contribution in [3.8, 4) is 0 Å². The highest BCUT2D eigenvalue weighted by atomic mass is 19.4. The van der Waals surface area contributed by atoms with E-state index in [-0.39, 0.29) is 35.5 Å². The Hall–Kier alpha value is -2.17. The molecule has 5 atom stereocenters. The third-order valence-electron chi connectivity index (χ3n) is 10.4. The molecule has 3 saturated heterocycles. The minimum absolute atomic E-state index is 0.0234. The van der Waals surface area contributed by atoms with E-state index in [4.69, 9.17) is 5.73 Å². The molecule has 220 valence electrons. The molecular formula is C30H41F3N4O3. The predicted octanol–water partition coefficient (Wildman–Crippen LogP) is 4.16. The molecule has 7 nitrogen and oxygen atoms in total. The number of fused-ring (bicyclic) bond motifs is 1. The third-order valence-corrected chi connectivity index (χ3v) is 10.4. The van der Waals surface area contributed by atoms with E-state index in [0.29, 0.717) is 44.7 Å². The van der Waals surface area contributed by atoms with Crippen LogP contribution in [0.2, 0.25) is 0 Å². The van der Waals surface area contributed by atoms with Gasteiger partial charge in [0.25, 0.3) is 0 Å². The van der Waals surface area contributed by atoms with Gasteiger partial charge in [-0.1, -0.05) is 37.3 Å². The molecule has 0 radical (unpaired) electrons. The van der Waals surface area contributed by atoms with Crippen molar-refractivity contribution in [2.45, 2.75) is 125 Å². The third kappa shape index (κ3) is 5.27. The summed E-state index contributed by atoms with van der Waals surface area (Å²) in [4.78, 5) is 33.9. The first-order valence-electron chi connectivity index (χ1n) is 15.0. The van der Waals surface area contributed by atoms with Crippen molar-refractivity contribution in [2.24, 2.45) is 5.73 Å². The molecular weight excluding hydrogens is 521 g/mol. The zero-order valence-corrected chi connectivity index (χ0v) is 23.2. The van der Waals surface area contributed by atoms with Crippen LogP contribution < -0.4 is 5.73 Å². The Morgan fingerprint density at radius 2 is 1.80 bits per heavy atom. The van der Waals surface area contributed by atoms with Crippen molar-refractivity contribution in [2.75, 3.05) is 13.1 Å². The normalized spacial score (nSPS) is 35.5. The molecule has 6 rings (SSSR count). The zero-order valence-electron chi connectivity index (χ0n) is 23.2. The molecule has 2 N–H and O–H groups in total. The van der Waals surface area contributed by atoms with Crippen LogP contribution in [0.3, 0.4) is 0 Å². The van der Waals surface area contributed by atoms with Crippen molar-refractivity contribution in [3.63, 3.8) is 0 Å². The van der Waals surface area contributed by atoms with Crippen molar-refractivity contribution >= 4 is 11.8 Å². The molecule has 40 heavy (non-hydrogen) atoms. The fourth-order valence-electron chi connectivity index (χ4n) is 8.14. The first kappa shape index (κ1) is 28.0. The van der Waals surface area contributed by atoms with Gasteiger partial charge in [-0.3, -0.25) is 19.2 Å². The summed E-state index contributed by atoms with van der Waals surface area (Å²) in [5.74, 6) is 0.244. The van der Waals surface area contributed by atoms with Gasteiger partial charge in [-0.25, -0.2) is 0 Å². The number of hydrogen-bond acceptors (Lipinski definition) is 5. The van der Waals surface area contributed by atoms with E-state index >= 15 is 0 Å². The van der Waals surface area contributed by atoms with Crippen LogP contribution in [0.15, 0.2) is 30.3 Å². The Kier molecular flexibility index (Phi) is 7.40. The van der Waals surface area contributed by atoms with E-state index in [1.165, 1.54) is 5.56 Å². The van der Waals surface area contributed by atoms with Gasteiger partial charge in [0.2, 0.25) is 11.8 Å². The molecule has 1 spiro atoms. The Morgan fingerprint density at radius 1 is 1.07 bits per heavy atom. The fraction of sp³-hybridized carbons (Fsp3) is 0.733. The van der Waals surface area contributed by atoms with Crippen LogP contribution in [-0.2, 0) is 14.3 Å². The van der Waals surface area contributed by atoms with E-state index in [1.54, 1.807) is 0 Å². The first-order chi connectivity index (χ1) is 19.1. The summed E-state index contributed by atoms with van der Waals surface area (Å²) in [7, 11) is 0. The second kappa shape index (κ2) is 10.6. The molecule has 2 saturated carbocycles. The molecule has 3 heterocycles. The molecule has 3 aliphatic heterocycles. The highest BCUT2D eigenvalue weighted by Crippen LogP contribution is 2.54. The van der Waals surface area contributed by atoms with Crippen molar-refractivity contribution < 1.29 is 27.5 Å². The van der Waals surface area contributed by atoms with E-state index in [0.717, 1.165) is 38.5 Å². The lowest BCUT2D eigenvalue weighted by molar-refractivity contribution is -0.354. The minimum Gasteiger partial charge on any atom is -0.335 e. The number of halogens is 3. The van der Waals surface area contributed by atoms with Crippen LogP contribution in [0.1, 0.15) is 82.6 Å². The SMILES string of the molecule is CCN(C1CC(OC(F)(F)F)C1)[C@H]1CC[C@H](N)C(=O)N2[C@H](CC[C@H]2C(=O)N2C[C@H](c3ccccc3)CC23CC3)C1. The number of rotatable bonds is 6. The number of amides is 2. The minimum atomic E-state index is -4.61. The number of nitrogens with two attached hydrogens (primary N) is 1. The Balaban J connectivity index is 1.16. The van der Waals surface area contributed by atoms with Gasteiger partial charge < -0.3 is 15.5 Å². The van der Waals surface area contributed by atoms with Gasteiger partial charge in [0.05, 0.1) is 12.1 Å². The number of likely N-dealkylation sites (tertiary alicyclic amines) is 1. The van der Waals surface area contributed by atoms with Gasteiger partial charge >= 0.3 is 6.36 Å². The molecule has 0 unspecified atom stereocenters. The molecule has 2 amide bonds. The summed E-state index contributed by atoms with van der Waals surface area (Å²) in [6.07, 6.45) is 1.62. The van der Waals surface area contributed by atoms with E-state index < -0.39 is 24.6 Å². The Bertz CT molecular complexity index is 1090. The second-order valence-corrected chi connectivity index (χ2v) is 12.7. The Morgan fingerprint density at radius 3 is 2.45 bits per heavy atom. The van der Waals surface area contributed by atoms with Gasteiger partial charge in [0, 0.05) is 36.1 Å². The molecule has 2 aliphatic carbocycles. The van der Waals surface area contributed by atoms with E-state index in [2.05, 4.69) is 26.7 Å². The molecule has 5 fully saturated rings. The predicted molar refractivity (Wildman–Crippen MR) is 143 cm³/mol. The summed E-state index contributed by atoms with van der Waals surface area (Å²) >= 11 is 0. The lowest BCUT2D eigenvalue weighted by atomic mass is 9.84. The molecule has 10 heteroatoms. The average molecular weight is 563 g/mol. The van der Waals surface area contributed by atoms with Crippen LogP contribution in [0, 0.1) is 0 Å². The number of carbonyl (C=O) groups excluding carboxylic acids is 2. The highest BCUT2D eigenvalue weighted by molar-refractivity contribution is 5.91. The van der Waals surface area contributed by atoms with Crippen molar-refractivity contribution in [1.82, 2.24) is 14.7 Å². The average Bonchev–Trinajstić information content (AvgIpc) is 3.39. The standard InChI is InChI=1S/C30H41F3N4O3/c1-2-35(23-15-24(16-23)40-30(31,32)33)21-8-10-25(34)27(38)37-22(14-21)9-11-26(37)28(39)36-18-20(17-29(36)12-13-29)19-6-4-3-5-7-19/h3-7,20-26H,2,8-18,34H2,1H3/t20-,21+,22-,23?,24?,25+,26+/m1/s1. The summed E-state index contributed by atoms with van der Waals surface area (Å²) in [6, 6.07) is 9.26. The largest absolute Gasteiger partial charge is 0.522 e. The molecule has 0 aromatic heterocycles. The van der Waals surface area contributed by atoms with Crippen molar-refractivity contribution in [1.29, 1.82) is 0 Å². The molecule has 0 bridgehead atoms. The van der Waals surface area contributed by atoms with Crippen LogP contribution in [0.25, 0.3) is 0 Å². The smallest absolute Gasteiger partial charge is 0.335 e. The van der Waals surface area contributed by atoms with Gasteiger partial charge in [-0.05, 0) is 76.3 Å². The Labute approximate surface area is 234 Å². The van der Waals surface area contributed by atoms with Gasteiger partial charge in [-0.2, -0.15) is 0 Å². The quantitative estimate of drug-likeness (QED) is 0.563. The summed E-state index contributed by atoms with van der Waals surface area (Å²) in [5.41, 5.74) is 7.61. The van der Waals surface area contributed by atoms with Gasteiger partial charge in [-0.15, -0.1) is 13.2 Å². The number of ether oxygens (including phenoxy) is 1. The van der Waals surface area contributed by atoms with Gasteiger partial charge in [0.1, 0.15) is 6.04 Å². The summed E-state index contributed by atoms with van der Waals surface area (Å²) in [6.45, 7) is 3.43. The lowest BCUT2D eigenvalue weighted by Gasteiger charge is -2.48. The summed E-state index contributed by atoms with van der Waals surface area (Å²) < 4.78 is 42.3. The maximum Gasteiger partial charge on any atom is 0.522 e. The maximum absolute atomic E-state index is 14.1. The first-order valence-corrected chi connectivity index (χ1v) is 15.0. The number of carbonyl (C=O) groups is 2. The molecule has 1 aromatic rings. The second-order valence-electron chi connectivity index (χ2n) is 12.7. The maximum atomic E-state index is 14.1. The van der Waals surface area contributed by atoms with Crippen LogP contribution in [-0.4, -0.2) is 87.8 Å². The number of alkyl halides is 3. The van der Waals surface area contributed by atoms with Crippen LogP contribution >= 0.6 is 0 Å². The monoisotopic (exact) mass is 562 g/mol.